The highest BCUT2D eigenvalue weighted by Gasteiger charge is 2.35. The van der Waals surface area contributed by atoms with Crippen LogP contribution in [0.4, 0.5) is 0 Å². The molecule has 4 aromatic rings. The highest BCUT2D eigenvalue weighted by Crippen LogP contribution is 2.37. The lowest BCUT2D eigenvalue weighted by atomic mass is 9.97. The number of benzene rings is 2. The van der Waals surface area contributed by atoms with E-state index in [0.717, 1.165) is 18.5 Å². The summed E-state index contributed by atoms with van der Waals surface area (Å²) in [6.45, 7) is 1.82. The molecule has 2 aromatic carbocycles. The quantitative estimate of drug-likeness (QED) is 0.191. The third-order valence-corrected chi connectivity index (χ3v) is 8.96. The fraction of sp³-hybridized carbons (Fsp3) is 0.143. The number of aromatic nitrogens is 1. The molecular formula is C28H19BrIN3O4S2. The fourth-order valence-electron chi connectivity index (χ4n) is 4.24. The zero-order valence-electron chi connectivity index (χ0n) is 20.4. The Kier molecular flexibility index (Phi) is 8.46. The molecule has 3 heterocycles. The smallest absolute Gasteiger partial charge is 0.338 e. The molecule has 0 saturated heterocycles. The Morgan fingerprint density at radius 3 is 2.74 bits per heavy atom. The highest BCUT2D eigenvalue weighted by atomic mass is 127. The summed E-state index contributed by atoms with van der Waals surface area (Å²) in [5.41, 5.74) is 1.92. The Morgan fingerprint density at radius 1 is 1.26 bits per heavy atom. The van der Waals surface area contributed by atoms with Gasteiger partial charge in [-0.3, -0.25) is 9.36 Å². The van der Waals surface area contributed by atoms with Gasteiger partial charge in [-0.1, -0.05) is 63.7 Å². The number of ether oxygens (including phenoxy) is 2. The van der Waals surface area contributed by atoms with E-state index in [2.05, 4.69) is 38.5 Å². The van der Waals surface area contributed by atoms with Gasteiger partial charge in [0.15, 0.2) is 11.4 Å². The van der Waals surface area contributed by atoms with Crippen LogP contribution in [0.1, 0.15) is 29.0 Å². The fourth-order valence-corrected chi connectivity index (χ4v) is 7.76. The Morgan fingerprint density at radius 2 is 2.05 bits per heavy atom. The molecule has 0 aliphatic carbocycles. The first-order chi connectivity index (χ1) is 18.9. The molecule has 1 aliphatic rings. The van der Waals surface area contributed by atoms with Gasteiger partial charge in [-0.2, -0.15) is 5.26 Å². The number of halogens is 2. The van der Waals surface area contributed by atoms with Gasteiger partial charge in [-0.25, -0.2) is 9.79 Å². The Labute approximate surface area is 253 Å². The first-order valence-electron chi connectivity index (χ1n) is 11.7. The second-order valence-corrected chi connectivity index (χ2v) is 12.3. The molecule has 0 radical (unpaired) electrons. The Balaban J connectivity index is 1.80. The van der Waals surface area contributed by atoms with Crippen molar-refractivity contribution in [3.63, 3.8) is 0 Å². The van der Waals surface area contributed by atoms with Crippen LogP contribution < -0.4 is 19.6 Å². The summed E-state index contributed by atoms with van der Waals surface area (Å²) in [5, 5.41) is 11.0. The number of carbonyl (C=O) groups excluding carboxylic acids is 1. The summed E-state index contributed by atoms with van der Waals surface area (Å²) in [5.74, 6) is -0.000282. The van der Waals surface area contributed by atoms with Crippen LogP contribution >= 0.6 is 61.2 Å². The minimum Gasteiger partial charge on any atom is -0.477 e. The number of thiazole rings is 1. The topological polar surface area (TPSA) is 93.7 Å². The molecule has 0 N–H and O–H groups in total. The van der Waals surface area contributed by atoms with Gasteiger partial charge in [0, 0.05) is 20.5 Å². The summed E-state index contributed by atoms with van der Waals surface area (Å²) >= 11 is 8.34. The molecule has 1 aliphatic heterocycles. The summed E-state index contributed by atoms with van der Waals surface area (Å²) in [6, 6.07) is 18.2. The number of nitrogens with zero attached hydrogens (tertiary/aromatic N) is 3. The number of hydrogen-bond acceptors (Lipinski definition) is 8. The van der Waals surface area contributed by atoms with Crippen LogP contribution in [-0.2, 0) is 9.53 Å². The normalized spacial score (nSPS) is 14.9. The summed E-state index contributed by atoms with van der Waals surface area (Å²) in [6.07, 6.45) is 1.74. The van der Waals surface area contributed by atoms with Crippen molar-refractivity contribution in [2.24, 2.45) is 4.99 Å². The number of rotatable bonds is 7. The van der Waals surface area contributed by atoms with E-state index < -0.39 is 12.0 Å². The molecule has 1 atom stereocenters. The average Bonchev–Trinajstić information content (AvgIpc) is 3.56. The van der Waals surface area contributed by atoms with Gasteiger partial charge in [0.05, 0.1) is 26.0 Å². The zero-order valence-corrected chi connectivity index (χ0v) is 25.8. The van der Waals surface area contributed by atoms with Crippen molar-refractivity contribution in [1.29, 1.82) is 5.26 Å². The Bertz CT molecular complexity index is 1810. The summed E-state index contributed by atoms with van der Waals surface area (Å²) < 4.78 is 14.8. The van der Waals surface area contributed by atoms with E-state index in [1.54, 1.807) is 17.6 Å². The van der Waals surface area contributed by atoms with Gasteiger partial charge in [0.2, 0.25) is 0 Å². The number of esters is 1. The van der Waals surface area contributed by atoms with Crippen LogP contribution in [0.15, 0.2) is 79.8 Å². The maximum atomic E-state index is 14.0. The minimum atomic E-state index is -0.699. The average molecular weight is 732 g/mol. The number of nitriles is 1. The molecule has 196 valence electrons. The molecule has 5 rings (SSSR count). The molecule has 0 fully saturated rings. The second kappa shape index (κ2) is 12.0. The lowest BCUT2D eigenvalue weighted by Gasteiger charge is -2.24. The van der Waals surface area contributed by atoms with Crippen LogP contribution in [0, 0.1) is 14.9 Å². The van der Waals surface area contributed by atoms with Crippen molar-refractivity contribution >= 4 is 78.9 Å². The van der Waals surface area contributed by atoms with Crippen LogP contribution in [0.5, 0.6) is 5.75 Å². The molecule has 7 nitrogen and oxygen atoms in total. The third kappa shape index (κ3) is 5.51. The molecule has 0 spiro atoms. The van der Waals surface area contributed by atoms with E-state index >= 15 is 0 Å². The van der Waals surface area contributed by atoms with Crippen LogP contribution in [0.3, 0.4) is 0 Å². The molecule has 39 heavy (non-hydrogen) atoms. The lowest BCUT2D eigenvalue weighted by Crippen LogP contribution is -2.39. The van der Waals surface area contributed by atoms with Crippen LogP contribution in [0.2, 0.25) is 0 Å². The van der Waals surface area contributed by atoms with Gasteiger partial charge in [-0.15, -0.1) is 11.3 Å². The minimum absolute atomic E-state index is 0.124. The number of hydrogen-bond donors (Lipinski definition) is 0. The van der Waals surface area contributed by atoms with Gasteiger partial charge in [0.25, 0.3) is 5.56 Å². The molecule has 0 bridgehead atoms. The molecule has 11 heteroatoms. The predicted molar refractivity (Wildman–Crippen MR) is 163 cm³/mol. The second-order valence-electron chi connectivity index (χ2n) is 8.20. The first-order valence-corrected chi connectivity index (χ1v) is 15.3. The summed E-state index contributed by atoms with van der Waals surface area (Å²) in [4.78, 5) is 33.6. The SMILES string of the molecule is CCOC(=O)C1=C(c2ccccc2)N=c2s/c(=C\c3cc(Br)cc(I)c3OCC#N)c(=O)n2[C@@H]1c1cccs1. The maximum absolute atomic E-state index is 14.0. The largest absolute Gasteiger partial charge is 0.477 e. The number of fused-ring (bicyclic) bond motifs is 1. The van der Waals surface area contributed by atoms with Crippen molar-refractivity contribution in [3.05, 3.63) is 109 Å². The Hall–Kier alpha value is -3.05. The van der Waals surface area contributed by atoms with E-state index in [1.165, 1.54) is 22.7 Å². The molecular weight excluding hydrogens is 713 g/mol. The van der Waals surface area contributed by atoms with Crippen molar-refractivity contribution in [1.82, 2.24) is 4.57 Å². The molecule has 0 unspecified atom stereocenters. The van der Waals surface area contributed by atoms with Gasteiger partial charge >= 0.3 is 5.97 Å². The van der Waals surface area contributed by atoms with E-state index in [4.69, 9.17) is 19.7 Å². The monoisotopic (exact) mass is 731 g/mol. The van der Waals surface area contributed by atoms with E-state index in [1.807, 2.05) is 66.0 Å². The molecule has 0 saturated carbocycles. The number of carbonyl (C=O) groups is 1. The zero-order chi connectivity index (χ0) is 27.5. The van der Waals surface area contributed by atoms with Gasteiger partial charge < -0.3 is 9.47 Å². The first kappa shape index (κ1) is 27.5. The van der Waals surface area contributed by atoms with E-state index in [-0.39, 0.29) is 18.8 Å². The standard InChI is InChI=1S/C28H19BrIN3O4S2/c1-2-36-27(35)22-23(16-7-4-3-5-8-16)32-28-33(24(22)20-9-6-12-38-20)26(34)21(39-28)14-17-13-18(29)15-19(30)25(17)37-11-10-31/h3-9,12-15,24H,2,11H2,1H3/b21-14-/t24-/m1/s1. The van der Waals surface area contributed by atoms with Crippen molar-refractivity contribution < 1.29 is 14.3 Å². The molecule has 2 aromatic heterocycles. The van der Waals surface area contributed by atoms with Crippen molar-refractivity contribution in [2.75, 3.05) is 13.2 Å². The highest BCUT2D eigenvalue weighted by molar-refractivity contribution is 14.1. The maximum Gasteiger partial charge on any atom is 0.338 e. The van der Waals surface area contributed by atoms with E-state index in [0.29, 0.717) is 31.9 Å². The molecule has 0 amide bonds. The van der Waals surface area contributed by atoms with Crippen molar-refractivity contribution in [2.45, 2.75) is 13.0 Å². The third-order valence-electron chi connectivity index (χ3n) is 5.79. The van der Waals surface area contributed by atoms with E-state index in [9.17, 15) is 9.59 Å². The van der Waals surface area contributed by atoms with Gasteiger partial charge in [-0.05, 0) is 59.2 Å². The lowest BCUT2D eigenvalue weighted by molar-refractivity contribution is -0.138. The summed E-state index contributed by atoms with van der Waals surface area (Å²) in [7, 11) is 0. The number of thiophene rings is 1. The van der Waals surface area contributed by atoms with Crippen LogP contribution in [0.25, 0.3) is 11.8 Å². The van der Waals surface area contributed by atoms with Crippen molar-refractivity contribution in [3.8, 4) is 11.8 Å². The predicted octanol–water partition coefficient (Wildman–Crippen LogP) is 5.27. The van der Waals surface area contributed by atoms with Gasteiger partial charge in [0.1, 0.15) is 17.9 Å². The van der Waals surface area contributed by atoms with Crippen LogP contribution in [-0.4, -0.2) is 23.8 Å².